The van der Waals surface area contributed by atoms with E-state index in [9.17, 15) is 14.7 Å². The summed E-state index contributed by atoms with van der Waals surface area (Å²) in [6.45, 7) is 6.66. The molecule has 1 N–H and O–H groups in total. The summed E-state index contributed by atoms with van der Waals surface area (Å²) in [4.78, 5) is 24.0. The number of hydrogen-bond donors (Lipinski definition) is 1. The molecule has 6 nitrogen and oxygen atoms in total. The zero-order chi connectivity index (χ0) is 34.9. The molecule has 6 heteroatoms. The van der Waals surface area contributed by atoms with Gasteiger partial charge >= 0.3 is 11.9 Å². The highest BCUT2D eigenvalue weighted by atomic mass is 16.6. The predicted molar refractivity (Wildman–Crippen MR) is 200 cm³/mol. The van der Waals surface area contributed by atoms with Crippen molar-refractivity contribution < 1.29 is 28.9 Å². The lowest BCUT2D eigenvalue weighted by atomic mass is 9.99. The molecule has 0 spiro atoms. The van der Waals surface area contributed by atoms with Crippen molar-refractivity contribution in [3.8, 4) is 0 Å². The van der Waals surface area contributed by atoms with E-state index in [0.717, 1.165) is 63.7 Å². The number of carbonyl (C=O) groups excluding carboxylic acids is 2. The van der Waals surface area contributed by atoms with Crippen LogP contribution in [0, 0.1) is 5.92 Å². The first-order valence-electron chi connectivity index (χ1n) is 20.8. The highest BCUT2D eigenvalue weighted by Gasteiger charge is 2.36. The third-order valence-corrected chi connectivity index (χ3v) is 9.96. The molecule has 1 aliphatic heterocycles. The van der Waals surface area contributed by atoms with Crippen molar-refractivity contribution in [2.45, 2.75) is 225 Å². The molecule has 0 saturated carbocycles. The van der Waals surface area contributed by atoms with Crippen molar-refractivity contribution in [3.63, 3.8) is 0 Å². The first-order valence-corrected chi connectivity index (χ1v) is 20.8. The Morgan fingerprint density at radius 3 is 1.60 bits per heavy atom. The molecule has 1 saturated heterocycles. The number of allylic oxidation sites excluding steroid dienone is 1. The van der Waals surface area contributed by atoms with Crippen molar-refractivity contribution in [3.05, 3.63) is 12.2 Å². The maximum atomic E-state index is 12.0. The van der Waals surface area contributed by atoms with E-state index in [-0.39, 0.29) is 25.2 Å². The number of epoxide rings is 1. The van der Waals surface area contributed by atoms with Crippen LogP contribution in [-0.4, -0.2) is 48.6 Å². The minimum atomic E-state index is -0.970. The molecule has 0 aromatic heterocycles. The summed E-state index contributed by atoms with van der Waals surface area (Å²) in [5.41, 5.74) is 0. The van der Waals surface area contributed by atoms with Crippen LogP contribution in [-0.2, 0) is 23.8 Å². The van der Waals surface area contributed by atoms with E-state index < -0.39 is 6.10 Å². The van der Waals surface area contributed by atoms with Gasteiger partial charge in [-0.25, -0.2) is 0 Å². The number of hydrogen-bond acceptors (Lipinski definition) is 6. The number of aliphatic hydroxyl groups is 1. The van der Waals surface area contributed by atoms with E-state index in [0.29, 0.717) is 25.0 Å². The van der Waals surface area contributed by atoms with Crippen LogP contribution in [0.1, 0.15) is 207 Å². The minimum Gasteiger partial charge on any atom is -0.463 e. The molecule has 1 heterocycles. The van der Waals surface area contributed by atoms with Gasteiger partial charge in [-0.3, -0.25) is 9.59 Å². The highest BCUT2D eigenvalue weighted by molar-refractivity contribution is 5.69. The largest absolute Gasteiger partial charge is 0.463 e. The Kier molecular flexibility index (Phi) is 30.5. The Morgan fingerprint density at radius 2 is 1.10 bits per heavy atom. The fraction of sp³-hybridized carbons (Fsp3) is 0.905. The Bertz CT molecular complexity index is 767. The van der Waals surface area contributed by atoms with Crippen molar-refractivity contribution in [1.82, 2.24) is 0 Å². The molecule has 0 amide bonds. The van der Waals surface area contributed by atoms with Gasteiger partial charge in [-0.1, -0.05) is 168 Å². The summed E-state index contributed by atoms with van der Waals surface area (Å²) in [7, 11) is 0. The molecule has 0 bridgehead atoms. The second-order valence-corrected chi connectivity index (χ2v) is 14.7. The van der Waals surface area contributed by atoms with E-state index in [1.54, 1.807) is 0 Å². The van der Waals surface area contributed by atoms with Gasteiger partial charge in [-0.15, -0.1) is 0 Å². The van der Waals surface area contributed by atoms with E-state index in [1.807, 2.05) is 0 Å². The van der Waals surface area contributed by atoms with Crippen molar-refractivity contribution in [2.75, 3.05) is 13.2 Å². The van der Waals surface area contributed by atoms with Crippen LogP contribution in [0.4, 0.5) is 0 Å². The number of esters is 2. The fourth-order valence-corrected chi connectivity index (χ4v) is 6.30. The van der Waals surface area contributed by atoms with Crippen LogP contribution in [0.5, 0.6) is 0 Å². The SMILES string of the molecule is CCCCC/C=C\CC1OC1CCCCCCCC(=O)OC[C@H](O)COC(=O)CCCCCCCCCCCCCCCCC(C)CC. The zero-order valence-electron chi connectivity index (χ0n) is 31.9. The lowest BCUT2D eigenvalue weighted by molar-refractivity contribution is -0.152. The van der Waals surface area contributed by atoms with Gasteiger partial charge in [-0.2, -0.15) is 0 Å². The zero-order valence-corrected chi connectivity index (χ0v) is 31.9. The molecule has 1 rings (SSSR count). The molecular weight excluding hydrogens is 600 g/mol. The van der Waals surface area contributed by atoms with Gasteiger partial charge in [-0.05, 0) is 44.4 Å². The molecule has 1 aliphatic rings. The first-order chi connectivity index (χ1) is 23.5. The van der Waals surface area contributed by atoms with Crippen LogP contribution >= 0.6 is 0 Å². The third-order valence-electron chi connectivity index (χ3n) is 9.96. The topological polar surface area (TPSA) is 85.4 Å². The average molecular weight is 679 g/mol. The summed E-state index contributed by atoms with van der Waals surface area (Å²) in [5, 5.41) is 10.0. The van der Waals surface area contributed by atoms with Crippen molar-refractivity contribution in [1.29, 1.82) is 0 Å². The molecule has 4 atom stereocenters. The van der Waals surface area contributed by atoms with Crippen molar-refractivity contribution in [2.24, 2.45) is 5.92 Å². The lowest BCUT2D eigenvalue weighted by Crippen LogP contribution is -2.25. The third kappa shape index (κ3) is 29.5. The predicted octanol–water partition coefficient (Wildman–Crippen LogP) is 11.7. The van der Waals surface area contributed by atoms with Gasteiger partial charge in [0.15, 0.2) is 0 Å². The van der Waals surface area contributed by atoms with E-state index in [1.165, 1.54) is 116 Å². The molecule has 48 heavy (non-hydrogen) atoms. The highest BCUT2D eigenvalue weighted by Crippen LogP contribution is 2.30. The second kappa shape index (κ2) is 32.8. The van der Waals surface area contributed by atoms with Gasteiger partial charge in [0.2, 0.25) is 0 Å². The number of carbonyl (C=O) groups is 2. The van der Waals surface area contributed by atoms with E-state index in [2.05, 4.69) is 32.9 Å². The Morgan fingerprint density at radius 1 is 0.625 bits per heavy atom. The fourth-order valence-electron chi connectivity index (χ4n) is 6.30. The van der Waals surface area contributed by atoms with E-state index in [4.69, 9.17) is 14.2 Å². The molecular formula is C42H78O6. The Balaban J connectivity index is 1.80. The summed E-state index contributed by atoms with van der Waals surface area (Å²) >= 11 is 0. The Labute approximate surface area is 296 Å². The second-order valence-electron chi connectivity index (χ2n) is 14.7. The van der Waals surface area contributed by atoms with E-state index >= 15 is 0 Å². The van der Waals surface area contributed by atoms with Crippen LogP contribution in [0.25, 0.3) is 0 Å². The summed E-state index contributed by atoms with van der Waals surface area (Å²) < 4.78 is 16.1. The van der Waals surface area contributed by atoms with Crippen molar-refractivity contribution >= 4 is 11.9 Å². The molecule has 0 aliphatic carbocycles. The summed E-state index contributed by atoms with van der Waals surface area (Å²) in [6, 6.07) is 0. The maximum absolute atomic E-state index is 12.0. The molecule has 0 aromatic rings. The first kappa shape index (κ1) is 44.6. The number of rotatable bonds is 36. The minimum absolute atomic E-state index is 0.120. The maximum Gasteiger partial charge on any atom is 0.305 e. The average Bonchev–Trinajstić information content (AvgIpc) is 3.84. The molecule has 3 unspecified atom stereocenters. The molecule has 282 valence electrons. The number of unbranched alkanes of at least 4 members (excludes halogenated alkanes) is 20. The number of ether oxygens (including phenoxy) is 3. The normalized spacial score (nSPS) is 17.1. The van der Waals surface area contributed by atoms with Crippen LogP contribution in [0.3, 0.4) is 0 Å². The monoisotopic (exact) mass is 679 g/mol. The summed E-state index contributed by atoms with van der Waals surface area (Å²) in [6.07, 6.45) is 38.5. The lowest BCUT2D eigenvalue weighted by Gasteiger charge is -2.12. The molecule has 0 radical (unpaired) electrons. The Hall–Kier alpha value is -1.40. The summed E-state index contributed by atoms with van der Waals surface area (Å²) in [5.74, 6) is 0.322. The standard InChI is InChI=1S/C42H78O6/c1-4-6-7-8-21-26-31-39-40(48-39)32-27-22-19-24-29-34-42(45)47-36-38(43)35-46-41(44)33-28-23-18-16-14-12-10-9-11-13-15-17-20-25-30-37(3)5-2/h21,26,37-40,43H,4-20,22-25,27-36H2,1-3H3/b26-21-/t37?,38-,39?,40?/m1/s1. The van der Waals surface area contributed by atoms with Gasteiger partial charge in [0.1, 0.15) is 19.3 Å². The van der Waals surface area contributed by atoms with Crippen LogP contribution in [0.15, 0.2) is 12.2 Å². The van der Waals surface area contributed by atoms with Gasteiger partial charge < -0.3 is 19.3 Å². The van der Waals surface area contributed by atoms with Gasteiger partial charge in [0, 0.05) is 12.8 Å². The molecule has 1 fully saturated rings. The smallest absolute Gasteiger partial charge is 0.305 e. The van der Waals surface area contributed by atoms with Crippen LogP contribution in [0.2, 0.25) is 0 Å². The molecule has 0 aromatic carbocycles. The van der Waals surface area contributed by atoms with Gasteiger partial charge in [0.25, 0.3) is 0 Å². The van der Waals surface area contributed by atoms with Crippen LogP contribution < -0.4 is 0 Å². The quantitative estimate of drug-likeness (QED) is 0.0307. The number of aliphatic hydroxyl groups excluding tert-OH is 1. The van der Waals surface area contributed by atoms with Gasteiger partial charge in [0.05, 0.1) is 12.2 Å².